The molecule has 40 valence electrons. The number of rotatable bonds is 2. The maximum atomic E-state index is 8.29. The van der Waals surface area contributed by atoms with E-state index in [1.54, 1.807) is 0 Å². The Hall–Kier alpha value is -0.800. The van der Waals surface area contributed by atoms with Crippen LogP contribution in [0.15, 0.2) is 10.2 Å². The number of hydrogen-bond donors (Lipinski definition) is 0. The van der Waals surface area contributed by atoms with Gasteiger partial charge in [0.25, 0.3) is 0 Å². The summed E-state index contributed by atoms with van der Waals surface area (Å²) in [6, 6.07) is 0. The Bertz CT molecular complexity index is 164. The van der Waals surface area contributed by atoms with Crippen LogP contribution in [0.25, 0.3) is 5.53 Å². The third kappa shape index (κ3) is 3.39. The van der Waals surface area contributed by atoms with Gasteiger partial charge in [-0.3, -0.25) is 0 Å². The van der Waals surface area contributed by atoms with Crippen LogP contribution in [0.2, 0.25) is 0 Å². The van der Waals surface area contributed by atoms with Crippen molar-refractivity contribution in [2.24, 2.45) is 10.2 Å². The predicted molar refractivity (Wildman–Crippen MR) is 33.7 cm³/mol. The number of hydrazone groups is 2. The fourth-order valence-electron chi connectivity index (χ4n) is 0.0954. The molecule has 0 saturated heterocycles. The van der Waals surface area contributed by atoms with Gasteiger partial charge in [0.05, 0.1) is 0 Å². The van der Waals surface area contributed by atoms with Crippen LogP contribution in [0.5, 0.6) is 0 Å². The van der Waals surface area contributed by atoms with Crippen molar-refractivity contribution in [3.63, 3.8) is 0 Å². The molecule has 0 rings (SSSR count). The van der Waals surface area contributed by atoms with Crippen LogP contribution in [0.3, 0.4) is 0 Å². The summed E-state index contributed by atoms with van der Waals surface area (Å²) >= 11 is 8.20. The van der Waals surface area contributed by atoms with Gasteiger partial charge in [0, 0.05) is 15.2 Å². The fourth-order valence-corrected chi connectivity index (χ4v) is 0.241. The van der Waals surface area contributed by atoms with E-state index < -0.39 is 0 Å². The summed E-state index contributed by atoms with van der Waals surface area (Å²) in [6.45, 7) is 0. The van der Waals surface area contributed by atoms with Gasteiger partial charge in [0.2, 0.25) is 0 Å². The number of nitrogens with zero attached hydrogens (tertiary/aromatic N) is 4. The molecule has 0 saturated carbocycles. The third-order valence-electron chi connectivity index (χ3n) is 0.261. The van der Waals surface area contributed by atoms with Crippen molar-refractivity contribution in [1.29, 1.82) is 0 Å². The maximum absolute atomic E-state index is 8.29. The highest BCUT2D eigenvalue weighted by Gasteiger charge is 1.73. The van der Waals surface area contributed by atoms with Gasteiger partial charge >= 0.3 is 0 Å². The van der Waals surface area contributed by atoms with Crippen LogP contribution in [0, 0.1) is 0 Å². The molecule has 0 aliphatic carbocycles. The fraction of sp³-hybridized carbons (Fsp3) is 0. The van der Waals surface area contributed by atoms with Gasteiger partial charge in [-0.05, 0) is 40.2 Å². The van der Waals surface area contributed by atoms with Gasteiger partial charge in [-0.25, -0.2) is 0 Å². The van der Waals surface area contributed by atoms with Gasteiger partial charge in [0.1, 0.15) is 0 Å². The average Bonchev–Trinajstić information content (AvgIpc) is 1.68. The summed E-state index contributed by atoms with van der Waals surface area (Å²) in [7, 11) is 0. The topological polar surface area (TPSA) is 50.0 Å². The second-order valence-electron chi connectivity index (χ2n) is 0.651. The Kier molecular flexibility index (Phi) is 3.93. The van der Waals surface area contributed by atoms with Gasteiger partial charge in [-0.2, -0.15) is 0 Å². The molecule has 0 bridgehead atoms. The lowest BCUT2D eigenvalue weighted by molar-refractivity contribution is -0.558. The number of thiocarbonyl (C=S) groups is 2. The molecular weight excluding hydrogens is 144 g/mol. The summed E-state index contributed by atoms with van der Waals surface area (Å²) in [5, 5.41) is 9.66. The summed E-state index contributed by atoms with van der Waals surface area (Å²) in [5.41, 5.74) is 8.29. The summed E-state index contributed by atoms with van der Waals surface area (Å²) in [6.07, 6.45) is 0. The SMILES string of the molecule is [N-]=[N+](N=C=S)N=C=S. The molecule has 0 fully saturated rings. The van der Waals surface area contributed by atoms with Crippen LogP contribution in [-0.2, 0) is 0 Å². The molecule has 0 aromatic rings. The number of hydrogen-bond acceptors (Lipinski definition) is 2. The molecule has 0 spiro atoms. The normalized spacial score (nSPS) is 6.00. The molecule has 0 heterocycles. The second kappa shape index (κ2) is 4.36. The highest BCUT2D eigenvalue weighted by Crippen LogP contribution is 1.70. The van der Waals surface area contributed by atoms with Gasteiger partial charge in [-0.1, -0.05) is 0 Å². The highest BCUT2D eigenvalue weighted by atomic mass is 32.1. The van der Waals surface area contributed by atoms with Crippen LogP contribution in [-0.4, -0.2) is 15.2 Å². The van der Waals surface area contributed by atoms with Crippen LogP contribution in [0.4, 0.5) is 0 Å². The van der Waals surface area contributed by atoms with Crippen molar-refractivity contribution in [2.75, 3.05) is 0 Å². The smallest absolute Gasteiger partial charge is 0.0379 e. The van der Waals surface area contributed by atoms with E-state index >= 15 is 0 Å². The van der Waals surface area contributed by atoms with Crippen molar-refractivity contribution in [3.05, 3.63) is 5.53 Å². The minimum absolute atomic E-state index is 0.181. The van der Waals surface area contributed by atoms with Crippen LogP contribution >= 0.6 is 24.4 Å². The van der Waals surface area contributed by atoms with Crippen LogP contribution < -0.4 is 0 Å². The van der Waals surface area contributed by atoms with Crippen molar-refractivity contribution < 1.29 is 4.92 Å². The lowest BCUT2D eigenvalue weighted by Crippen LogP contribution is -1.81. The van der Waals surface area contributed by atoms with Crippen LogP contribution in [0.1, 0.15) is 0 Å². The van der Waals surface area contributed by atoms with Gasteiger partial charge < -0.3 is 0 Å². The highest BCUT2D eigenvalue weighted by molar-refractivity contribution is 7.78. The first kappa shape index (κ1) is 7.20. The molecule has 0 amide bonds. The molecule has 0 aliphatic heterocycles. The predicted octanol–water partition coefficient (Wildman–Crippen LogP) is 1.06. The van der Waals surface area contributed by atoms with Crippen molar-refractivity contribution in [1.82, 2.24) is 0 Å². The minimum Gasteiger partial charge on any atom is -0.0379 e. The van der Waals surface area contributed by atoms with E-state index in [0.717, 1.165) is 0 Å². The summed E-state index contributed by atoms with van der Waals surface area (Å²) < 4.78 is 0. The zero-order valence-electron chi connectivity index (χ0n) is 3.61. The first-order valence-corrected chi connectivity index (χ1v) is 2.27. The molecule has 4 nitrogen and oxygen atoms in total. The maximum Gasteiger partial charge on any atom is 0.0490 e. The third-order valence-corrected chi connectivity index (χ3v) is 0.424. The first-order chi connectivity index (χ1) is 3.81. The molecule has 6 heteroatoms. The Morgan fingerprint density at radius 2 is 1.62 bits per heavy atom. The van der Waals surface area contributed by atoms with E-state index in [1.807, 2.05) is 10.3 Å². The van der Waals surface area contributed by atoms with E-state index in [0.29, 0.717) is 0 Å². The monoisotopic (exact) mass is 144 g/mol. The van der Waals surface area contributed by atoms with Crippen molar-refractivity contribution in [3.8, 4) is 0 Å². The zero-order chi connectivity index (χ0) is 6.41. The minimum atomic E-state index is 0.181. The molecule has 0 aromatic heterocycles. The summed E-state index contributed by atoms with van der Waals surface area (Å²) in [5.74, 6) is 0. The molecule has 0 N–H and O–H groups in total. The molecule has 0 unspecified atom stereocenters. The lowest BCUT2D eigenvalue weighted by atomic mass is 11.6. The molecular formula is C2N4S2. The second-order valence-corrected chi connectivity index (χ2v) is 1.02. The zero-order valence-corrected chi connectivity index (χ0v) is 5.24. The summed E-state index contributed by atoms with van der Waals surface area (Å²) in [4.78, 5) is 0.181. The largest absolute Gasteiger partial charge is 0.0490 e. The van der Waals surface area contributed by atoms with E-state index in [2.05, 4.69) is 34.6 Å². The molecule has 0 radical (unpaired) electrons. The quantitative estimate of drug-likeness (QED) is 0.191. The van der Waals surface area contributed by atoms with E-state index in [9.17, 15) is 0 Å². The van der Waals surface area contributed by atoms with E-state index in [-0.39, 0.29) is 4.92 Å². The number of isothiocyanates is 2. The van der Waals surface area contributed by atoms with E-state index in [1.165, 1.54) is 0 Å². The Labute approximate surface area is 56.0 Å². The van der Waals surface area contributed by atoms with Crippen molar-refractivity contribution in [2.45, 2.75) is 0 Å². The Morgan fingerprint density at radius 3 is 1.88 bits per heavy atom. The molecule has 0 atom stereocenters. The first-order valence-electron chi connectivity index (χ1n) is 1.46. The average molecular weight is 144 g/mol. The standard InChI is InChI=1S/C2N4S2/c3-6(4-1-7)5-2-8. The van der Waals surface area contributed by atoms with E-state index in [4.69, 9.17) is 5.53 Å². The lowest BCUT2D eigenvalue weighted by Gasteiger charge is -1.74. The molecule has 0 aromatic carbocycles. The van der Waals surface area contributed by atoms with Crippen molar-refractivity contribution >= 4 is 34.8 Å². The Balaban J connectivity index is 4.04. The van der Waals surface area contributed by atoms with Gasteiger partial charge in [0.15, 0.2) is 0 Å². The Morgan fingerprint density at radius 1 is 1.25 bits per heavy atom. The van der Waals surface area contributed by atoms with Gasteiger partial charge in [-0.15, -0.1) is 0 Å². The molecule has 8 heavy (non-hydrogen) atoms. The molecule has 0 aliphatic rings.